The molecule has 0 aliphatic heterocycles. The fourth-order valence-corrected chi connectivity index (χ4v) is 4.07. The summed E-state index contributed by atoms with van der Waals surface area (Å²) in [7, 11) is 0. The van der Waals surface area contributed by atoms with Crippen molar-refractivity contribution in [2.75, 3.05) is 25.1 Å². The van der Waals surface area contributed by atoms with Gasteiger partial charge in [-0.05, 0) is 52.2 Å². The Balaban J connectivity index is 0.00000261. The van der Waals surface area contributed by atoms with Crippen molar-refractivity contribution < 1.29 is 14.2 Å². The molecule has 1 aromatic rings. The Kier molecular flexibility index (Phi) is 8.03. The van der Waals surface area contributed by atoms with Gasteiger partial charge in [-0.2, -0.15) is 0 Å². The predicted octanol–water partition coefficient (Wildman–Crippen LogP) is 4.18. The average Bonchev–Trinajstić information content (AvgIpc) is 2.55. The molecule has 1 aromatic carbocycles. The number of anilines is 1. The van der Waals surface area contributed by atoms with Gasteiger partial charge < -0.3 is 25.3 Å². The topological polar surface area (TPSA) is 78.1 Å². The van der Waals surface area contributed by atoms with Crippen LogP contribution in [-0.2, 0) is 4.74 Å². The van der Waals surface area contributed by atoms with Gasteiger partial charge >= 0.3 is 0 Å². The molecule has 2 atom stereocenters. The lowest BCUT2D eigenvalue weighted by Gasteiger charge is -2.59. The van der Waals surface area contributed by atoms with Crippen LogP contribution < -0.4 is 20.5 Å². The highest BCUT2D eigenvalue weighted by atomic mass is 127. The van der Waals surface area contributed by atoms with Crippen LogP contribution in [0.25, 0.3) is 0 Å². The largest absolute Gasteiger partial charge is 0.494 e. The molecule has 0 radical (unpaired) electrons. The lowest BCUT2D eigenvalue weighted by atomic mass is 9.51. The van der Waals surface area contributed by atoms with Crippen LogP contribution in [0, 0.1) is 5.41 Å². The van der Waals surface area contributed by atoms with E-state index in [9.17, 15) is 0 Å². The first-order valence-electron chi connectivity index (χ1n) is 9.74. The lowest BCUT2D eigenvalue weighted by molar-refractivity contribution is -0.162. The van der Waals surface area contributed by atoms with E-state index < -0.39 is 0 Å². The summed E-state index contributed by atoms with van der Waals surface area (Å²) >= 11 is 0. The molecule has 1 spiro atoms. The van der Waals surface area contributed by atoms with Crippen molar-refractivity contribution in [3.05, 3.63) is 18.2 Å². The van der Waals surface area contributed by atoms with Crippen molar-refractivity contribution in [2.45, 2.75) is 58.6 Å². The number of benzene rings is 1. The quantitative estimate of drug-likeness (QED) is 0.326. The van der Waals surface area contributed by atoms with Gasteiger partial charge in [0.25, 0.3) is 0 Å². The van der Waals surface area contributed by atoms with E-state index in [4.69, 9.17) is 24.9 Å². The highest BCUT2D eigenvalue weighted by molar-refractivity contribution is 14.0. The zero-order valence-corrected chi connectivity index (χ0v) is 18.8. The molecular weight excluding hydrogens is 457 g/mol. The highest BCUT2D eigenvalue weighted by Crippen LogP contribution is 2.58. The Morgan fingerprint density at radius 3 is 2.52 bits per heavy atom. The van der Waals surface area contributed by atoms with Gasteiger partial charge in [0.1, 0.15) is 11.5 Å². The van der Waals surface area contributed by atoms with Crippen LogP contribution in [0.15, 0.2) is 23.2 Å². The van der Waals surface area contributed by atoms with Gasteiger partial charge in [-0.3, -0.25) is 0 Å². The van der Waals surface area contributed by atoms with Crippen molar-refractivity contribution in [3.63, 3.8) is 0 Å². The van der Waals surface area contributed by atoms with Crippen molar-refractivity contribution >= 4 is 35.6 Å². The second-order valence-electron chi connectivity index (χ2n) is 6.95. The van der Waals surface area contributed by atoms with Gasteiger partial charge in [0.05, 0.1) is 31.0 Å². The van der Waals surface area contributed by atoms with Crippen LogP contribution in [0.2, 0.25) is 0 Å². The third-order valence-corrected chi connectivity index (χ3v) is 5.51. The molecule has 3 rings (SSSR count). The Hall–Kier alpha value is -1.22. The summed E-state index contributed by atoms with van der Waals surface area (Å²) in [5.41, 5.74) is 7.21. The number of nitrogens with zero attached hydrogens (tertiary/aromatic N) is 1. The first kappa shape index (κ1) is 22.1. The Bertz CT molecular complexity index is 649. The molecule has 6 nitrogen and oxygen atoms in total. The maximum absolute atomic E-state index is 6.23. The third kappa shape index (κ3) is 4.62. The number of ether oxygens (including phenoxy) is 3. The third-order valence-electron chi connectivity index (χ3n) is 5.51. The van der Waals surface area contributed by atoms with Crippen molar-refractivity contribution in [1.29, 1.82) is 0 Å². The number of hydrogen-bond acceptors (Lipinski definition) is 4. The monoisotopic (exact) mass is 489 g/mol. The van der Waals surface area contributed by atoms with Gasteiger partial charge in [0.2, 0.25) is 0 Å². The average molecular weight is 489 g/mol. The standard InChI is InChI=1S/C20H31N3O3.HI/c1-4-24-14-8-9-16(25-5-2)15(12-14)22-19(21)23-17-13-18(26-6-3)20(17)10-7-11-20;/h8-9,12,17-18H,4-7,10-11,13H2,1-3H3,(H3,21,22,23);1H. The van der Waals surface area contributed by atoms with E-state index in [2.05, 4.69) is 12.2 Å². The molecule has 2 fully saturated rings. The fraction of sp³-hybridized carbons (Fsp3) is 0.650. The number of rotatable bonds is 8. The van der Waals surface area contributed by atoms with Crippen molar-refractivity contribution in [3.8, 4) is 11.5 Å². The van der Waals surface area contributed by atoms with Crippen LogP contribution >= 0.6 is 24.0 Å². The van der Waals surface area contributed by atoms with Crippen molar-refractivity contribution in [2.24, 2.45) is 16.1 Å². The minimum absolute atomic E-state index is 0. The van der Waals surface area contributed by atoms with Gasteiger partial charge in [0.15, 0.2) is 5.96 Å². The molecule has 0 bridgehead atoms. The number of aliphatic imine (C=N–C) groups is 1. The molecule has 7 heteroatoms. The van der Waals surface area contributed by atoms with Gasteiger partial charge in [-0.15, -0.1) is 24.0 Å². The van der Waals surface area contributed by atoms with Crippen LogP contribution in [0.3, 0.4) is 0 Å². The van der Waals surface area contributed by atoms with Gasteiger partial charge in [-0.1, -0.05) is 6.42 Å². The molecule has 2 saturated carbocycles. The Morgan fingerprint density at radius 2 is 1.93 bits per heavy atom. The Labute approximate surface area is 179 Å². The summed E-state index contributed by atoms with van der Waals surface area (Å²) in [4.78, 5) is 4.77. The predicted molar refractivity (Wildman–Crippen MR) is 120 cm³/mol. The van der Waals surface area contributed by atoms with Crippen molar-refractivity contribution in [1.82, 2.24) is 0 Å². The molecule has 2 unspecified atom stereocenters. The molecule has 27 heavy (non-hydrogen) atoms. The SMILES string of the molecule is CCOc1ccc(OCC)c(NC(N)=NC2CC(OCC)C23CCC3)c1.I. The summed E-state index contributed by atoms with van der Waals surface area (Å²) in [6, 6.07) is 5.94. The molecule has 0 heterocycles. The minimum atomic E-state index is 0. The maximum atomic E-state index is 6.23. The van der Waals surface area contributed by atoms with Gasteiger partial charge in [-0.25, -0.2) is 4.99 Å². The summed E-state index contributed by atoms with van der Waals surface area (Å²) in [5, 5.41) is 3.21. The zero-order chi connectivity index (χ0) is 18.6. The lowest BCUT2D eigenvalue weighted by Crippen LogP contribution is -2.61. The van der Waals surface area contributed by atoms with E-state index in [1.54, 1.807) is 0 Å². The maximum Gasteiger partial charge on any atom is 0.193 e. The van der Waals surface area contributed by atoms with Crippen LogP contribution in [0.5, 0.6) is 11.5 Å². The molecule has 0 saturated heterocycles. The molecule has 152 valence electrons. The van der Waals surface area contributed by atoms with Crippen LogP contribution in [-0.4, -0.2) is 37.9 Å². The molecule has 2 aliphatic rings. The van der Waals surface area contributed by atoms with E-state index in [1.165, 1.54) is 19.3 Å². The number of guanidine groups is 1. The second kappa shape index (κ2) is 9.82. The number of nitrogens with two attached hydrogens (primary N) is 1. The molecular formula is C20H32IN3O3. The van der Waals surface area contributed by atoms with E-state index in [-0.39, 0.29) is 35.4 Å². The van der Waals surface area contributed by atoms with E-state index in [1.807, 2.05) is 32.0 Å². The van der Waals surface area contributed by atoms with E-state index in [0.29, 0.717) is 25.3 Å². The highest BCUT2D eigenvalue weighted by Gasteiger charge is 2.59. The van der Waals surface area contributed by atoms with Gasteiger partial charge in [0, 0.05) is 18.1 Å². The normalized spacial score (nSPS) is 23.0. The first-order valence-corrected chi connectivity index (χ1v) is 9.74. The number of nitrogens with one attached hydrogen (secondary N) is 1. The molecule has 2 aliphatic carbocycles. The Morgan fingerprint density at radius 1 is 1.19 bits per heavy atom. The molecule has 0 amide bonds. The summed E-state index contributed by atoms with van der Waals surface area (Å²) in [6.45, 7) is 7.93. The van der Waals surface area contributed by atoms with Crippen LogP contribution in [0.1, 0.15) is 46.5 Å². The minimum Gasteiger partial charge on any atom is -0.494 e. The summed E-state index contributed by atoms with van der Waals surface area (Å²) in [6.07, 6.45) is 4.91. The summed E-state index contributed by atoms with van der Waals surface area (Å²) in [5.74, 6) is 1.95. The van der Waals surface area contributed by atoms with Crippen LogP contribution in [0.4, 0.5) is 5.69 Å². The smallest absolute Gasteiger partial charge is 0.193 e. The zero-order valence-electron chi connectivity index (χ0n) is 16.5. The second-order valence-corrected chi connectivity index (χ2v) is 6.95. The molecule has 0 aromatic heterocycles. The number of hydrogen-bond donors (Lipinski definition) is 2. The first-order chi connectivity index (χ1) is 12.6. The van der Waals surface area contributed by atoms with E-state index >= 15 is 0 Å². The summed E-state index contributed by atoms with van der Waals surface area (Å²) < 4.78 is 17.2. The number of halogens is 1. The fourth-order valence-electron chi connectivity index (χ4n) is 4.07. The van der Waals surface area contributed by atoms with E-state index in [0.717, 1.165) is 30.2 Å². The molecule has 3 N–H and O–H groups in total.